The molecule has 0 aromatic rings. The van der Waals surface area contributed by atoms with Crippen LogP contribution in [0.2, 0.25) is 0 Å². The molecule has 10 heavy (non-hydrogen) atoms. The maximum Gasteiger partial charge on any atom is 0.304 e. The number of ether oxygens (including phenoxy) is 1. The minimum absolute atomic E-state index is 0.314. The lowest BCUT2D eigenvalue weighted by molar-refractivity contribution is -0.327. The number of hydrogen-bond acceptors (Lipinski definition) is 4. The van der Waals surface area contributed by atoms with Crippen molar-refractivity contribution in [3.8, 4) is 0 Å². The Hall–Kier alpha value is -0.0300. The van der Waals surface area contributed by atoms with Gasteiger partial charge in [-0.25, -0.2) is 0 Å². The quantitative estimate of drug-likeness (QED) is 0.166. The van der Waals surface area contributed by atoms with Crippen LogP contribution in [0.4, 0.5) is 0 Å². The lowest BCUT2D eigenvalue weighted by atomic mass is 10.8. The Balaban J connectivity index is 2.98. The van der Waals surface area contributed by atoms with E-state index in [1.54, 1.807) is 0 Å². The van der Waals surface area contributed by atoms with Crippen LogP contribution in [0.1, 0.15) is 6.92 Å². The topological polar surface area (TPSA) is 44.8 Å². The summed E-state index contributed by atoms with van der Waals surface area (Å²) in [6.07, 6.45) is 0. The van der Waals surface area contributed by atoms with Gasteiger partial charge in [0.05, 0.1) is 0 Å². The van der Waals surface area contributed by atoms with E-state index in [-0.39, 0.29) is 6.79 Å². The van der Waals surface area contributed by atoms with E-state index < -0.39 is 11.0 Å². The van der Waals surface area contributed by atoms with Crippen LogP contribution >= 0.6 is 23.2 Å². The van der Waals surface area contributed by atoms with Gasteiger partial charge in [-0.2, -0.15) is 9.78 Å². The zero-order valence-corrected chi connectivity index (χ0v) is 6.69. The van der Waals surface area contributed by atoms with Gasteiger partial charge in [-0.15, -0.1) is 0 Å². The number of alkyl halides is 2. The zero-order chi connectivity index (χ0) is 7.98. The summed E-state index contributed by atoms with van der Waals surface area (Å²) in [5.41, 5.74) is 0. The Morgan fingerprint density at radius 3 is 2.60 bits per heavy atom. The molecule has 0 aliphatic heterocycles. The maximum atomic E-state index is 10.1. The molecule has 4 nitrogen and oxygen atoms in total. The standard InChI is InChI=1S/C4H6Cl2O4/c1-3(7)8-2-9-10-4(5)6/h4H,2H2,1H3. The fraction of sp³-hybridized carbons (Fsp3) is 0.750. The molecular weight excluding hydrogens is 183 g/mol. The fourth-order valence-electron chi connectivity index (χ4n) is 0.186. The van der Waals surface area contributed by atoms with E-state index >= 15 is 0 Å². The number of hydrogen-bond donors (Lipinski definition) is 0. The molecule has 0 rings (SSSR count). The monoisotopic (exact) mass is 188 g/mol. The van der Waals surface area contributed by atoms with E-state index in [9.17, 15) is 4.79 Å². The minimum atomic E-state index is -1.07. The van der Waals surface area contributed by atoms with Gasteiger partial charge in [-0.1, -0.05) is 23.2 Å². The predicted octanol–water partition coefficient (Wildman–Crippen LogP) is 1.22. The largest absolute Gasteiger partial charge is 0.436 e. The average molecular weight is 189 g/mol. The minimum Gasteiger partial charge on any atom is -0.436 e. The Morgan fingerprint density at radius 1 is 1.60 bits per heavy atom. The second-order valence-electron chi connectivity index (χ2n) is 1.23. The molecule has 0 atom stereocenters. The Morgan fingerprint density at radius 2 is 2.20 bits per heavy atom. The highest BCUT2D eigenvalue weighted by Gasteiger charge is 1.98. The van der Waals surface area contributed by atoms with Gasteiger partial charge in [0.25, 0.3) is 0 Å². The highest BCUT2D eigenvalue weighted by Crippen LogP contribution is 2.02. The van der Waals surface area contributed by atoms with Crippen molar-refractivity contribution in [2.45, 2.75) is 11.9 Å². The summed E-state index contributed by atoms with van der Waals surface area (Å²) >= 11 is 10.1. The van der Waals surface area contributed by atoms with Crippen LogP contribution in [-0.2, 0) is 19.3 Å². The predicted molar refractivity (Wildman–Crippen MR) is 34.3 cm³/mol. The van der Waals surface area contributed by atoms with Crippen molar-refractivity contribution >= 4 is 29.2 Å². The lowest BCUT2D eigenvalue weighted by Gasteiger charge is -2.02. The van der Waals surface area contributed by atoms with Crippen molar-refractivity contribution in [1.82, 2.24) is 0 Å². The summed E-state index contributed by atoms with van der Waals surface area (Å²) in [5.74, 6) is -0.468. The first-order chi connectivity index (χ1) is 4.63. The van der Waals surface area contributed by atoms with Gasteiger partial charge < -0.3 is 4.74 Å². The molecule has 0 radical (unpaired) electrons. The molecule has 0 heterocycles. The second-order valence-corrected chi connectivity index (χ2v) is 2.24. The smallest absolute Gasteiger partial charge is 0.304 e. The van der Waals surface area contributed by atoms with Crippen LogP contribution in [0.5, 0.6) is 0 Å². The van der Waals surface area contributed by atoms with Crippen LogP contribution in [0.15, 0.2) is 0 Å². The molecule has 0 aromatic carbocycles. The summed E-state index contributed by atoms with van der Waals surface area (Å²) in [7, 11) is 0. The molecule has 0 bridgehead atoms. The van der Waals surface area contributed by atoms with Gasteiger partial charge in [0.1, 0.15) is 0 Å². The molecule has 0 fully saturated rings. The highest BCUT2D eigenvalue weighted by molar-refractivity contribution is 6.43. The van der Waals surface area contributed by atoms with Gasteiger partial charge >= 0.3 is 5.97 Å². The van der Waals surface area contributed by atoms with Gasteiger partial charge in [-0.3, -0.25) is 4.79 Å². The van der Waals surface area contributed by atoms with Crippen LogP contribution < -0.4 is 0 Å². The van der Waals surface area contributed by atoms with E-state index in [0.717, 1.165) is 0 Å². The Bertz CT molecular complexity index is 105. The van der Waals surface area contributed by atoms with Crippen LogP contribution in [0.3, 0.4) is 0 Å². The number of carbonyl (C=O) groups is 1. The van der Waals surface area contributed by atoms with Gasteiger partial charge in [0, 0.05) is 6.92 Å². The summed E-state index contributed by atoms with van der Waals surface area (Å²) < 4.78 is 4.29. The Labute approximate surface area is 67.9 Å². The van der Waals surface area contributed by atoms with Crippen molar-refractivity contribution in [1.29, 1.82) is 0 Å². The first-order valence-corrected chi connectivity index (χ1v) is 3.20. The normalized spacial score (nSPS) is 10.0. The van der Waals surface area contributed by atoms with E-state index in [2.05, 4.69) is 14.5 Å². The van der Waals surface area contributed by atoms with Gasteiger partial charge in [0.15, 0.2) is 0 Å². The summed E-state index contributed by atoms with van der Waals surface area (Å²) in [6, 6.07) is 0. The van der Waals surface area contributed by atoms with Crippen molar-refractivity contribution in [2.75, 3.05) is 6.79 Å². The third-order valence-electron chi connectivity index (χ3n) is 0.451. The molecule has 0 amide bonds. The van der Waals surface area contributed by atoms with E-state index in [0.29, 0.717) is 0 Å². The second kappa shape index (κ2) is 5.73. The first kappa shape index (κ1) is 9.97. The molecule has 60 valence electrons. The first-order valence-electron chi connectivity index (χ1n) is 2.32. The zero-order valence-electron chi connectivity index (χ0n) is 5.17. The van der Waals surface area contributed by atoms with Crippen LogP contribution in [0.25, 0.3) is 0 Å². The van der Waals surface area contributed by atoms with E-state index in [1.807, 2.05) is 0 Å². The van der Waals surface area contributed by atoms with Crippen molar-refractivity contribution in [3.05, 3.63) is 0 Å². The third-order valence-corrected chi connectivity index (χ3v) is 0.597. The maximum absolute atomic E-state index is 10.1. The summed E-state index contributed by atoms with van der Waals surface area (Å²) in [4.78, 5) is 18.4. The number of carbonyl (C=O) groups excluding carboxylic acids is 1. The summed E-state index contributed by atoms with van der Waals surface area (Å²) in [6.45, 7) is 0.924. The molecule has 0 spiro atoms. The fourth-order valence-corrected chi connectivity index (χ4v) is 0.289. The Kier molecular flexibility index (Phi) is 5.71. The molecule has 6 heteroatoms. The molecule has 0 aliphatic carbocycles. The van der Waals surface area contributed by atoms with Crippen molar-refractivity contribution in [3.63, 3.8) is 0 Å². The number of rotatable bonds is 4. The number of esters is 1. The molecular formula is C4H6Cl2O4. The van der Waals surface area contributed by atoms with Gasteiger partial charge in [0.2, 0.25) is 11.8 Å². The molecule has 0 saturated carbocycles. The highest BCUT2D eigenvalue weighted by atomic mass is 35.5. The number of halogens is 2. The lowest BCUT2D eigenvalue weighted by Crippen LogP contribution is -2.06. The molecule has 0 aromatic heterocycles. The van der Waals surface area contributed by atoms with Gasteiger partial charge in [-0.05, 0) is 0 Å². The van der Waals surface area contributed by atoms with Crippen LogP contribution in [0, 0.1) is 0 Å². The molecule has 0 saturated heterocycles. The third kappa shape index (κ3) is 7.97. The van der Waals surface area contributed by atoms with Crippen LogP contribution in [-0.4, -0.2) is 17.8 Å². The molecule has 0 unspecified atom stereocenters. The van der Waals surface area contributed by atoms with Crippen molar-refractivity contribution in [2.24, 2.45) is 0 Å². The van der Waals surface area contributed by atoms with Crippen molar-refractivity contribution < 1.29 is 19.3 Å². The summed E-state index contributed by atoms with van der Waals surface area (Å²) in [5, 5.41) is -1.07. The molecule has 0 aliphatic rings. The molecule has 0 N–H and O–H groups in total. The SMILES string of the molecule is CC(=O)OCOOC(Cl)Cl. The van der Waals surface area contributed by atoms with E-state index in [4.69, 9.17) is 23.2 Å². The average Bonchev–Trinajstić information content (AvgIpc) is 1.79. The van der Waals surface area contributed by atoms with E-state index in [1.165, 1.54) is 6.92 Å².